The van der Waals surface area contributed by atoms with Crippen molar-refractivity contribution in [1.82, 2.24) is 0 Å². The third-order valence-electron chi connectivity index (χ3n) is 11.7. The standard InChI is InChI=1S/C54H100O6/c1-4-7-10-13-16-19-22-24-25-26-27-28-30-32-35-38-41-44-47-53(56)59-50-51(49-58-52(55)46-43-40-37-34-31-21-18-15-12-9-6-3)60-54(57)48-45-42-39-36-33-29-23-20-17-14-11-8-5-2/h15,18,20,23,51H,4-14,16-17,19,21-22,24-50H2,1-3H3/b18-15-,23-20-. The summed E-state index contributed by atoms with van der Waals surface area (Å²) in [5.74, 6) is -0.880. The summed E-state index contributed by atoms with van der Waals surface area (Å²) in [6.45, 7) is 6.60. The van der Waals surface area contributed by atoms with Crippen LogP contribution in [-0.4, -0.2) is 37.2 Å². The minimum absolute atomic E-state index is 0.0735. The van der Waals surface area contributed by atoms with Crippen LogP contribution in [0.5, 0.6) is 0 Å². The molecule has 0 heterocycles. The summed E-state index contributed by atoms with van der Waals surface area (Å²) in [6.07, 6.45) is 55.9. The van der Waals surface area contributed by atoms with Crippen molar-refractivity contribution >= 4 is 17.9 Å². The molecule has 0 spiro atoms. The van der Waals surface area contributed by atoms with Gasteiger partial charge in [0.1, 0.15) is 13.2 Å². The Morgan fingerprint density at radius 1 is 0.317 bits per heavy atom. The predicted molar refractivity (Wildman–Crippen MR) is 256 cm³/mol. The van der Waals surface area contributed by atoms with E-state index in [-0.39, 0.29) is 31.1 Å². The SMILES string of the molecule is CCCC/C=C\CCCCCCCC(=O)OCC(COC(=O)CCCCCCCCCCCCCCCCCCCC)OC(=O)CCCCCCC/C=C\CCCCCC. The molecule has 0 aromatic heterocycles. The number of rotatable bonds is 48. The maximum Gasteiger partial charge on any atom is 0.306 e. The Hall–Kier alpha value is -2.11. The molecule has 0 aliphatic heterocycles. The Morgan fingerprint density at radius 3 is 0.900 bits per heavy atom. The molecule has 0 aliphatic carbocycles. The molecule has 0 N–H and O–H groups in total. The summed E-state index contributed by atoms with van der Waals surface area (Å²) in [5, 5.41) is 0. The van der Waals surface area contributed by atoms with E-state index < -0.39 is 6.10 Å². The van der Waals surface area contributed by atoms with E-state index in [1.807, 2.05) is 0 Å². The second-order valence-electron chi connectivity index (χ2n) is 17.8. The number of unbranched alkanes of at least 4 members (excludes halogenated alkanes) is 33. The second-order valence-corrected chi connectivity index (χ2v) is 17.8. The first-order valence-corrected chi connectivity index (χ1v) is 26.3. The van der Waals surface area contributed by atoms with Gasteiger partial charge in [-0.25, -0.2) is 0 Å². The van der Waals surface area contributed by atoms with Gasteiger partial charge in [0.25, 0.3) is 0 Å². The van der Waals surface area contributed by atoms with Crippen LogP contribution in [0.25, 0.3) is 0 Å². The fourth-order valence-electron chi connectivity index (χ4n) is 7.65. The number of carbonyl (C=O) groups is 3. The fourth-order valence-corrected chi connectivity index (χ4v) is 7.65. The molecular formula is C54H100O6. The molecule has 0 radical (unpaired) electrons. The largest absolute Gasteiger partial charge is 0.462 e. The molecule has 352 valence electrons. The molecule has 0 aromatic carbocycles. The van der Waals surface area contributed by atoms with E-state index in [4.69, 9.17) is 14.2 Å². The third-order valence-corrected chi connectivity index (χ3v) is 11.7. The Morgan fingerprint density at radius 2 is 0.567 bits per heavy atom. The maximum absolute atomic E-state index is 12.8. The van der Waals surface area contributed by atoms with Gasteiger partial charge in [0, 0.05) is 19.3 Å². The first-order chi connectivity index (χ1) is 29.5. The van der Waals surface area contributed by atoms with E-state index in [9.17, 15) is 14.4 Å². The lowest BCUT2D eigenvalue weighted by atomic mass is 10.0. The molecule has 1 unspecified atom stereocenters. The summed E-state index contributed by atoms with van der Waals surface area (Å²) < 4.78 is 16.8. The van der Waals surface area contributed by atoms with E-state index in [0.29, 0.717) is 19.3 Å². The number of ether oxygens (including phenoxy) is 3. The number of esters is 3. The highest BCUT2D eigenvalue weighted by Gasteiger charge is 2.19. The molecule has 0 aromatic rings. The lowest BCUT2D eigenvalue weighted by Crippen LogP contribution is -2.30. The van der Waals surface area contributed by atoms with Gasteiger partial charge in [0.15, 0.2) is 6.10 Å². The molecule has 6 heteroatoms. The minimum atomic E-state index is -0.773. The van der Waals surface area contributed by atoms with Crippen LogP contribution in [0.2, 0.25) is 0 Å². The van der Waals surface area contributed by atoms with Crippen molar-refractivity contribution in [1.29, 1.82) is 0 Å². The first kappa shape index (κ1) is 57.9. The monoisotopic (exact) mass is 845 g/mol. The second kappa shape index (κ2) is 49.5. The Bertz CT molecular complexity index is 973. The predicted octanol–water partition coefficient (Wildman–Crippen LogP) is 17.2. The molecular weight excluding hydrogens is 745 g/mol. The summed E-state index contributed by atoms with van der Waals surface area (Å²) in [6, 6.07) is 0. The highest BCUT2D eigenvalue weighted by molar-refractivity contribution is 5.71. The minimum Gasteiger partial charge on any atom is -0.462 e. The van der Waals surface area contributed by atoms with Crippen LogP contribution in [0.4, 0.5) is 0 Å². The van der Waals surface area contributed by atoms with Crippen LogP contribution in [-0.2, 0) is 28.6 Å². The van der Waals surface area contributed by atoms with Gasteiger partial charge in [0.2, 0.25) is 0 Å². The van der Waals surface area contributed by atoms with Crippen molar-refractivity contribution in [3.63, 3.8) is 0 Å². The van der Waals surface area contributed by atoms with Gasteiger partial charge >= 0.3 is 17.9 Å². The molecule has 0 rings (SSSR count). The molecule has 0 fully saturated rings. The van der Waals surface area contributed by atoms with Crippen molar-refractivity contribution in [2.45, 2.75) is 290 Å². The molecule has 6 nitrogen and oxygen atoms in total. The maximum atomic E-state index is 12.8. The highest BCUT2D eigenvalue weighted by Crippen LogP contribution is 2.16. The fraction of sp³-hybridized carbons (Fsp3) is 0.870. The van der Waals surface area contributed by atoms with E-state index in [1.165, 1.54) is 173 Å². The summed E-state index contributed by atoms with van der Waals surface area (Å²) >= 11 is 0. The Kier molecular flexibility index (Phi) is 47.8. The van der Waals surface area contributed by atoms with E-state index in [2.05, 4.69) is 45.1 Å². The summed E-state index contributed by atoms with van der Waals surface area (Å²) in [5.41, 5.74) is 0. The normalized spacial score (nSPS) is 12.1. The first-order valence-electron chi connectivity index (χ1n) is 26.3. The van der Waals surface area contributed by atoms with Gasteiger partial charge in [-0.05, 0) is 64.2 Å². The molecule has 0 aliphatic rings. The molecule has 60 heavy (non-hydrogen) atoms. The average Bonchev–Trinajstić information content (AvgIpc) is 3.24. The lowest BCUT2D eigenvalue weighted by molar-refractivity contribution is -0.167. The number of hydrogen-bond donors (Lipinski definition) is 0. The molecule has 0 bridgehead atoms. The van der Waals surface area contributed by atoms with Crippen LogP contribution >= 0.6 is 0 Å². The number of carbonyl (C=O) groups excluding carboxylic acids is 3. The zero-order valence-corrected chi connectivity index (χ0v) is 40.2. The van der Waals surface area contributed by atoms with Crippen LogP contribution in [0.15, 0.2) is 24.3 Å². The third kappa shape index (κ3) is 46.9. The number of hydrogen-bond acceptors (Lipinski definition) is 6. The zero-order valence-electron chi connectivity index (χ0n) is 40.2. The molecule has 0 amide bonds. The molecule has 0 saturated heterocycles. The summed E-state index contributed by atoms with van der Waals surface area (Å²) in [7, 11) is 0. The van der Waals surface area contributed by atoms with Gasteiger partial charge < -0.3 is 14.2 Å². The van der Waals surface area contributed by atoms with Crippen molar-refractivity contribution in [3.05, 3.63) is 24.3 Å². The van der Waals surface area contributed by atoms with Crippen LogP contribution in [0.3, 0.4) is 0 Å². The number of allylic oxidation sites excluding steroid dienone is 4. The van der Waals surface area contributed by atoms with Crippen LogP contribution < -0.4 is 0 Å². The average molecular weight is 845 g/mol. The lowest BCUT2D eigenvalue weighted by Gasteiger charge is -2.18. The Labute approximate surface area is 373 Å². The van der Waals surface area contributed by atoms with Crippen LogP contribution in [0, 0.1) is 0 Å². The topological polar surface area (TPSA) is 78.9 Å². The smallest absolute Gasteiger partial charge is 0.306 e. The van der Waals surface area contributed by atoms with Crippen molar-refractivity contribution in [3.8, 4) is 0 Å². The van der Waals surface area contributed by atoms with Gasteiger partial charge in [0.05, 0.1) is 0 Å². The van der Waals surface area contributed by atoms with E-state index in [0.717, 1.165) is 70.6 Å². The van der Waals surface area contributed by atoms with Crippen molar-refractivity contribution in [2.75, 3.05) is 13.2 Å². The summed E-state index contributed by atoms with van der Waals surface area (Å²) in [4.78, 5) is 37.9. The Balaban J connectivity index is 4.30. The van der Waals surface area contributed by atoms with Gasteiger partial charge in [-0.15, -0.1) is 0 Å². The van der Waals surface area contributed by atoms with Gasteiger partial charge in [-0.3, -0.25) is 14.4 Å². The van der Waals surface area contributed by atoms with E-state index >= 15 is 0 Å². The van der Waals surface area contributed by atoms with Crippen molar-refractivity contribution in [2.24, 2.45) is 0 Å². The van der Waals surface area contributed by atoms with Crippen molar-refractivity contribution < 1.29 is 28.6 Å². The highest BCUT2D eigenvalue weighted by atomic mass is 16.6. The zero-order chi connectivity index (χ0) is 43.7. The molecule has 1 atom stereocenters. The van der Waals surface area contributed by atoms with Gasteiger partial charge in [-0.2, -0.15) is 0 Å². The van der Waals surface area contributed by atoms with Crippen LogP contribution in [0.1, 0.15) is 284 Å². The van der Waals surface area contributed by atoms with E-state index in [1.54, 1.807) is 0 Å². The quantitative estimate of drug-likeness (QED) is 0.0263. The molecule has 0 saturated carbocycles. The van der Waals surface area contributed by atoms with Gasteiger partial charge in [-0.1, -0.05) is 225 Å².